The molecule has 3 aromatic carbocycles. The largest absolute Gasteiger partial charge is 0.378 e. The third-order valence-electron chi connectivity index (χ3n) is 4.57. The van der Waals surface area contributed by atoms with E-state index in [0.717, 1.165) is 5.69 Å². The molecule has 3 nitrogen and oxygen atoms in total. The van der Waals surface area contributed by atoms with Gasteiger partial charge in [0, 0.05) is 45.3 Å². The van der Waals surface area contributed by atoms with E-state index < -0.39 is 0 Å². The fourth-order valence-electron chi connectivity index (χ4n) is 2.99. The molecule has 0 fully saturated rings. The minimum Gasteiger partial charge on any atom is -0.378 e. The van der Waals surface area contributed by atoms with Gasteiger partial charge in [0.05, 0.1) is 6.04 Å². The molecule has 0 aromatic heterocycles. The summed E-state index contributed by atoms with van der Waals surface area (Å²) < 4.78 is 0. The van der Waals surface area contributed by atoms with E-state index in [1.54, 1.807) is 0 Å². The summed E-state index contributed by atoms with van der Waals surface area (Å²) in [6, 6.07) is 28.0. The van der Waals surface area contributed by atoms with Gasteiger partial charge in [-0.1, -0.05) is 42.5 Å². The molecule has 0 radical (unpaired) electrons. The SMILES string of the molecule is CN(C)c1ccc(C(Nc2ccccc2)c2ccc(N(C)C)cc2)cc1. The maximum absolute atomic E-state index is 3.68. The molecule has 26 heavy (non-hydrogen) atoms. The van der Waals surface area contributed by atoms with Gasteiger partial charge in [-0.2, -0.15) is 0 Å². The predicted molar refractivity (Wildman–Crippen MR) is 113 cm³/mol. The van der Waals surface area contributed by atoms with Crippen molar-refractivity contribution in [3.05, 3.63) is 90.0 Å². The van der Waals surface area contributed by atoms with Crippen molar-refractivity contribution in [1.82, 2.24) is 0 Å². The number of benzene rings is 3. The lowest BCUT2D eigenvalue weighted by molar-refractivity contribution is 0.937. The highest BCUT2D eigenvalue weighted by molar-refractivity contribution is 5.54. The summed E-state index contributed by atoms with van der Waals surface area (Å²) in [7, 11) is 8.26. The highest BCUT2D eigenvalue weighted by Gasteiger charge is 2.14. The molecule has 3 rings (SSSR count). The molecule has 0 unspecified atom stereocenters. The first-order valence-electron chi connectivity index (χ1n) is 8.91. The zero-order valence-electron chi connectivity index (χ0n) is 16.0. The Bertz CT molecular complexity index is 755. The lowest BCUT2D eigenvalue weighted by atomic mass is 9.97. The van der Waals surface area contributed by atoms with Crippen LogP contribution in [0, 0.1) is 0 Å². The molecule has 0 atom stereocenters. The zero-order valence-corrected chi connectivity index (χ0v) is 16.0. The third-order valence-corrected chi connectivity index (χ3v) is 4.57. The average Bonchev–Trinajstić information content (AvgIpc) is 2.67. The Labute approximate surface area is 156 Å². The predicted octanol–water partition coefficient (Wildman–Crippen LogP) is 5.02. The molecular weight excluding hydrogens is 318 g/mol. The van der Waals surface area contributed by atoms with Crippen LogP contribution in [0.25, 0.3) is 0 Å². The second-order valence-corrected chi connectivity index (χ2v) is 6.92. The van der Waals surface area contributed by atoms with Crippen LogP contribution in [-0.2, 0) is 0 Å². The molecule has 1 N–H and O–H groups in total. The minimum atomic E-state index is 0.102. The number of para-hydroxylation sites is 1. The molecule has 0 aliphatic carbocycles. The molecule has 0 bridgehead atoms. The zero-order chi connectivity index (χ0) is 18.5. The van der Waals surface area contributed by atoms with Crippen molar-refractivity contribution in [1.29, 1.82) is 0 Å². The van der Waals surface area contributed by atoms with E-state index >= 15 is 0 Å². The van der Waals surface area contributed by atoms with Crippen LogP contribution in [0.2, 0.25) is 0 Å². The van der Waals surface area contributed by atoms with Crippen LogP contribution >= 0.6 is 0 Å². The first-order valence-corrected chi connectivity index (χ1v) is 8.91. The van der Waals surface area contributed by atoms with Crippen LogP contribution in [-0.4, -0.2) is 28.2 Å². The Kier molecular flexibility index (Phi) is 5.47. The van der Waals surface area contributed by atoms with Gasteiger partial charge in [-0.05, 0) is 47.5 Å². The lowest BCUT2D eigenvalue weighted by Crippen LogP contribution is -2.14. The Balaban J connectivity index is 1.95. The molecule has 0 amide bonds. The number of nitrogens with one attached hydrogen (secondary N) is 1. The van der Waals surface area contributed by atoms with Gasteiger partial charge in [0.1, 0.15) is 0 Å². The maximum Gasteiger partial charge on any atom is 0.0767 e. The van der Waals surface area contributed by atoms with Crippen molar-refractivity contribution in [3.63, 3.8) is 0 Å². The fraction of sp³-hybridized carbons (Fsp3) is 0.217. The van der Waals surface area contributed by atoms with Gasteiger partial charge in [-0.15, -0.1) is 0 Å². The first-order chi connectivity index (χ1) is 12.5. The molecule has 0 heterocycles. The second kappa shape index (κ2) is 7.96. The topological polar surface area (TPSA) is 18.5 Å². The second-order valence-electron chi connectivity index (χ2n) is 6.92. The van der Waals surface area contributed by atoms with E-state index in [1.165, 1.54) is 22.5 Å². The van der Waals surface area contributed by atoms with Gasteiger partial charge in [-0.3, -0.25) is 0 Å². The van der Waals surface area contributed by atoms with Crippen molar-refractivity contribution in [2.45, 2.75) is 6.04 Å². The van der Waals surface area contributed by atoms with Crippen molar-refractivity contribution < 1.29 is 0 Å². The first kappa shape index (κ1) is 17.9. The van der Waals surface area contributed by atoms with Crippen molar-refractivity contribution in [3.8, 4) is 0 Å². The highest BCUT2D eigenvalue weighted by atomic mass is 15.1. The quantitative estimate of drug-likeness (QED) is 0.677. The van der Waals surface area contributed by atoms with Gasteiger partial charge in [0.2, 0.25) is 0 Å². The molecule has 3 aromatic rings. The molecule has 0 spiro atoms. The van der Waals surface area contributed by atoms with Crippen LogP contribution < -0.4 is 15.1 Å². The van der Waals surface area contributed by atoms with Crippen LogP contribution in [0.1, 0.15) is 17.2 Å². The minimum absolute atomic E-state index is 0.102. The van der Waals surface area contributed by atoms with E-state index in [9.17, 15) is 0 Å². The molecule has 3 heteroatoms. The Morgan fingerprint density at radius 3 is 1.38 bits per heavy atom. The maximum atomic E-state index is 3.68. The van der Waals surface area contributed by atoms with Gasteiger partial charge >= 0.3 is 0 Å². The molecule has 0 saturated carbocycles. The van der Waals surface area contributed by atoms with Gasteiger partial charge in [0.15, 0.2) is 0 Å². The average molecular weight is 345 g/mol. The molecule has 0 saturated heterocycles. The van der Waals surface area contributed by atoms with E-state index in [-0.39, 0.29) is 6.04 Å². The van der Waals surface area contributed by atoms with Gasteiger partial charge in [0.25, 0.3) is 0 Å². The monoisotopic (exact) mass is 345 g/mol. The molecule has 0 aliphatic rings. The summed E-state index contributed by atoms with van der Waals surface area (Å²) in [5, 5.41) is 3.68. The van der Waals surface area contributed by atoms with E-state index in [0.29, 0.717) is 0 Å². The summed E-state index contributed by atoms with van der Waals surface area (Å²) in [5.74, 6) is 0. The number of rotatable bonds is 6. The van der Waals surface area contributed by atoms with Crippen LogP contribution in [0.5, 0.6) is 0 Å². The van der Waals surface area contributed by atoms with Crippen molar-refractivity contribution in [2.75, 3.05) is 43.3 Å². The summed E-state index contributed by atoms with van der Waals surface area (Å²) in [4.78, 5) is 4.24. The number of anilines is 3. The molecule has 0 aliphatic heterocycles. The van der Waals surface area contributed by atoms with Gasteiger partial charge < -0.3 is 15.1 Å². The molecule has 134 valence electrons. The van der Waals surface area contributed by atoms with E-state index in [1.807, 2.05) is 6.07 Å². The third kappa shape index (κ3) is 4.17. The number of hydrogen-bond acceptors (Lipinski definition) is 3. The van der Waals surface area contributed by atoms with Crippen LogP contribution in [0.15, 0.2) is 78.9 Å². The lowest BCUT2D eigenvalue weighted by Gasteiger charge is -2.23. The van der Waals surface area contributed by atoms with Crippen molar-refractivity contribution in [2.24, 2.45) is 0 Å². The normalized spacial score (nSPS) is 10.7. The Morgan fingerprint density at radius 1 is 0.577 bits per heavy atom. The Morgan fingerprint density at radius 2 is 1.00 bits per heavy atom. The summed E-state index contributed by atoms with van der Waals surface area (Å²) in [6.45, 7) is 0. The summed E-state index contributed by atoms with van der Waals surface area (Å²) in [5.41, 5.74) is 6.02. The standard InChI is InChI=1S/C23H27N3/c1-25(2)21-14-10-18(11-15-21)23(24-20-8-6-5-7-9-20)19-12-16-22(17-13-19)26(3)4/h5-17,23-24H,1-4H3. The summed E-state index contributed by atoms with van der Waals surface area (Å²) >= 11 is 0. The fourth-order valence-corrected chi connectivity index (χ4v) is 2.99. The highest BCUT2D eigenvalue weighted by Crippen LogP contribution is 2.29. The Hall–Kier alpha value is -2.94. The van der Waals surface area contributed by atoms with Crippen molar-refractivity contribution >= 4 is 17.1 Å². The molecular formula is C23H27N3. The summed E-state index contributed by atoms with van der Waals surface area (Å²) in [6.07, 6.45) is 0. The van der Waals surface area contributed by atoms with Crippen LogP contribution in [0.4, 0.5) is 17.1 Å². The van der Waals surface area contributed by atoms with E-state index in [4.69, 9.17) is 0 Å². The van der Waals surface area contributed by atoms with E-state index in [2.05, 4.69) is 116 Å². The number of nitrogens with zero attached hydrogens (tertiary/aromatic N) is 2. The number of hydrogen-bond donors (Lipinski definition) is 1. The smallest absolute Gasteiger partial charge is 0.0767 e. The van der Waals surface area contributed by atoms with Crippen LogP contribution in [0.3, 0.4) is 0 Å². The van der Waals surface area contributed by atoms with Gasteiger partial charge in [-0.25, -0.2) is 0 Å².